The summed E-state index contributed by atoms with van der Waals surface area (Å²) in [5.41, 5.74) is 1.31. The second-order valence-corrected chi connectivity index (χ2v) is 8.85. The highest BCUT2D eigenvalue weighted by atomic mass is 16.2. The Morgan fingerprint density at radius 2 is 1.76 bits per heavy atom. The third-order valence-corrected chi connectivity index (χ3v) is 6.46. The minimum Gasteiger partial charge on any atom is -0.353 e. The van der Waals surface area contributed by atoms with Gasteiger partial charge >= 0.3 is 0 Å². The molecule has 2 unspecified atom stereocenters. The van der Waals surface area contributed by atoms with E-state index >= 15 is 0 Å². The summed E-state index contributed by atoms with van der Waals surface area (Å²) in [4.78, 5) is 27.3. The summed E-state index contributed by atoms with van der Waals surface area (Å²) in [6.07, 6.45) is 10.1. The number of hydrogen-bond acceptors (Lipinski definition) is 3. The molecule has 0 aromatic heterocycles. The Hall–Kier alpha value is -1.88. The number of carbonyl (C=O) groups is 2. The van der Waals surface area contributed by atoms with E-state index in [4.69, 9.17) is 0 Å². The molecule has 1 aromatic rings. The van der Waals surface area contributed by atoms with Crippen LogP contribution < -0.4 is 10.6 Å². The van der Waals surface area contributed by atoms with Crippen molar-refractivity contribution in [3.05, 3.63) is 35.9 Å². The van der Waals surface area contributed by atoms with Gasteiger partial charge in [-0.15, -0.1) is 0 Å². The molecule has 5 heteroatoms. The second kappa shape index (κ2) is 11.3. The number of nitrogens with one attached hydrogen (secondary N) is 2. The highest BCUT2D eigenvalue weighted by Crippen LogP contribution is 2.26. The van der Waals surface area contributed by atoms with Crippen LogP contribution in [0.1, 0.15) is 70.3 Å². The highest BCUT2D eigenvalue weighted by molar-refractivity contribution is 5.87. The lowest BCUT2D eigenvalue weighted by atomic mass is 9.87. The fourth-order valence-electron chi connectivity index (χ4n) is 4.71. The van der Waals surface area contributed by atoms with Gasteiger partial charge in [-0.25, -0.2) is 0 Å². The monoisotopic (exact) mass is 399 g/mol. The number of benzene rings is 1. The Bertz CT molecular complexity index is 643. The average Bonchev–Trinajstić information content (AvgIpc) is 2.74. The predicted octanol–water partition coefficient (Wildman–Crippen LogP) is 3.63. The first-order valence-electron chi connectivity index (χ1n) is 11.5. The summed E-state index contributed by atoms with van der Waals surface area (Å²) < 4.78 is 0. The molecule has 1 heterocycles. The Morgan fingerprint density at radius 3 is 2.52 bits per heavy atom. The molecule has 2 atom stereocenters. The van der Waals surface area contributed by atoms with Gasteiger partial charge in [-0.1, -0.05) is 56.0 Å². The van der Waals surface area contributed by atoms with E-state index in [1.165, 1.54) is 37.7 Å². The van der Waals surface area contributed by atoms with E-state index in [0.717, 1.165) is 32.4 Å². The summed E-state index contributed by atoms with van der Waals surface area (Å²) in [6.45, 7) is 4.43. The van der Waals surface area contributed by atoms with Crippen LogP contribution in [0.4, 0.5) is 0 Å². The number of amides is 2. The zero-order chi connectivity index (χ0) is 20.5. The maximum atomic E-state index is 12.5. The minimum atomic E-state index is -0.475. The number of hydrogen-bond donors (Lipinski definition) is 2. The Balaban J connectivity index is 1.42. The van der Waals surface area contributed by atoms with E-state index < -0.39 is 6.04 Å². The van der Waals surface area contributed by atoms with Crippen molar-refractivity contribution in [3.63, 3.8) is 0 Å². The number of piperidine rings is 1. The molecule has 2 amide bonds. The molecule has 1 aliphatic heterocycles. The normalized spacial score (nSPS) is 22.0. The Labute approximate surface area is 175 Å². The van der Waals surface area contributed by atoms with Gasteiger partial charge in [0.05, 0.1) is 0 Å². The van der Waals surface area contributed by atoms with Crippen LogP contribution in [0.15, 0.2) is 30.3 Å². The molecule has 1 saturated heterocycles. The van der Waals surface area contributed by atoms with Gasteiger partial charge in [-0.2, -0.15) is 0 Å². The molecule has 0 bridgehead atoms. The summed E-state index contributed by atoms with van der Waals surface area (Å²) in [5.74, 6) is 0.433. The van der Waals surface area contributed by atoms with E-state index in [1.807, 2.05) is 6.07 Å². The van der Waals surface area contributed by atoms with Crippen LogP contribution in [0, 0.1) is 5.92 Å². The van der Waals surface area contributed by atoms with Gasteiger partial charge < -0.3 is 10.6 Å². The molecular weight excluding hydrogens is 362 g/mol. The van der Waals surface area contributed by atoms with Crippen molar-refractivity contribution in [2.45, 2.75) is 83.3 Å². The van der Waals surface area contributed by atoms with Gasteiger partial charge in [0.25, 0.3) is 0 Å². The quantitative estimate of drug-likeness (QED) is 0.702. The minimum absolute atomic E-state index is 0.0166. The molecular formula is C24H37N3O2. The number of carbonyl (C=O) groups excluding carboxylic acids is 2. The number of likely N-dealkylation sites (tertiary alicyclic amines) is 1. The van der Waals surface area contributed by atoms with E-state index in [0.29, 0.717) is 24.9 Å². The van der Waals surface area contributed by atoms with Crippen LogP contribution in [0.2, 0.25) is 0 Å². The fraction of sp³-hybridized carbons (Fsp3) is 0.667. The lowest BCUT2D eigenvalue weighted by molar-refractivity contribution is -0.129. The van der Waals surface area contributed by atoms with Gasteiger partial charge in [0.2, 0.25) is 11.8 Å². The van der Waals surface area contributed by atoms with Crippen LogP contribution >= 0.6 is 0 Å². The maximum absolute atomic E-state index is 12.5. The van der Waals surface area contributed by atoms with Crippen molar-refractivity contribution in [2.75, 3.05) is 13.1 Å². The Morgan fingerprint density at radius 1 is 1.03 bits per heavy atom. The van der Waals surface area contributed by atoms with Crippen LogP contribution in [-0.4, -0.2) is 41.9 Å². The molecule has 29 heavy (non-hydrogen) atoms. The largest absolute Gasteiger partial charge is 0.353 e. The smallest absolute Gasteiger partial charge is 0.242 e. The number of rotatable bonds is 8. The molecule has 0 spiro atoms. The fourth-order valence-corrected chi connectivity index (χ4v) is 4.71. The van der Waals surface area contributed by atoms with Crippen molar-refractivity contribution in [3.8, 4) is 0 Å². The molecule has 2 N–H and O–H groups in total. The molecule has 2 fully saturated rings. The van der Waals surface area contributed by atoms with Gasteiger partial charge in [-0.3, -0.25) is 14.5 Å². The van der Waals surface area contributed by atoms with Crippen molar-refractivity contribution >= 4 is 11.8 Å². The molecule has 1 aromatic carbocycles. The topological polar surface area (TPSA) is 61.4 Å². The van der Waals surface area contributed by atoms with E-state index in [2.05, 4.69) is 39.8 Å². The molecule has 0 radical (unpaired) electrons. The summed E-state index contributed by atoms with van der Waals surface area (Å²) in [5, 5.41) is 5.98. The first-order valence-corrected chi connectivity index (χ1v) is 11.5. The number of nitrogens with zero attached hydrogens (tertiary/aromatic N) is 1. The predicted molar refractivity (Wildman–Crippen MR) is 116 cm³/mol. The molecule has 160 valence electrons. The molecule has 2 aliphatic rings. The van der Waals surface area contributed by atoms with Gasteiger partial charge in [0.15, 0.2) is 0 Å². The van der Waals surface area contributed by atoms with Crippen molar-refractivity contribution in [2.24, 2.45) is 5.92 Å². The zero-order valence-corrected chi connectivity index (χ0v) is 17.9. The SMILES string of the molecule is CC(NC(=O)CC1CCCCC1)C(=O)NCC1CCCCN1Cc1ccccc1. The van der Waals surface area contributed by atoms with E-state index in [1.54, 1.807) is 6.92 Å². The van der Waals surface area contributed by atoms with Crippen molar-refractivity contribution < 1.29 is 9.59 Å². The summed E-state index contributed by atoms with van der Waals surface area (Å²) >= 11 is 0. The van der Waals surface area contributed by atoms with Gasteiger partial charge in [-0.05, 0) is 50.6 Å². The molecule has 1 saturated carbocycles. The summed E-state index contributed by atoms with van der Waals surface area (Å²) in [7, 11) is 0. The molecule has 5 nitrogen and oxygen atoms in total. The average molecular weight is 400 g/mol. The maximum Gasteiger partial charge on any atom is 0.242 e. The first kappa shape index (κ1) is 21.8. The van der Waals surface area contributed by atoms with Gasteiger partial charge in [0, 0.05) is 25.6 Å². The van der Waals surface area contributed by atoms with E-state index in [-0.39, 0.29) is 11.8 Å². The van der Waals surface area contributed by atoms with E-state index in [9.17, 15) is 9.59 Å². The van der Waals surface area contributed by atoms with Gasteiger partial charge in [0.1, 0.15) is 6.04 Å². The lowest BCUT2D eigenvalue weighted by Gasteiger charge is -2.36. The van der Waals surface area contributed by atoms with Crippen molar-refractivity contribution in [1.29, 1.82) is 0 Å². The van der Waals surface area contributed by atoms with Crippen molar-refractivity contribution in [1.82, 2.24) is 15.5 Å². The highest BCUT2D eigenvalue weighted by Gasteiger charge is 2.25. The molecule has 1 aliphatic carbocycles. The van der Waals surface area contributed by atoms with Crippen LogP contribution in [0.25, 0.3) is 0 Å². The lowest BCUT2D eigenvalue weighted by Crippen LogP contribution is -2.50. The first-order chi connectivity index (χ1) is 14.1. The summed E-state index contributed by atoms with van der Waals surface area (Å²) in [6, 6.07) is 10.4. The zero-order valence-electron chi connectivity index (χ0n) is 17.9. The second-order valence-electron chi connectivity index (χ2n) is 8.85. The third-order valence-electron chi connectivity index (χ3n) is 6.46. The standard InChI is InChI=1S/C24H37N3O2/c1-19(26-23(28)16-20-10-4-2-5-11-20)24(29)25-17-22-14-8-9-15-27(22)18-21-12-6-3-7-13-21/h3,6-7,12-13,19-20,22H,2,4-5,8-11,14-18H2,1H3,(H,25,29)(H,26,28). The third kappa shape index (κ3) is 7.14. The Kier molecular flexibility index (Phi) is 8.53. The molecule has 3 rings (SSSR count). The van der Waals surface area contributed by atoms with Crippen LogP contribution in [0.3, 0.4) is 0 Å². The van der Waals surface area contributed by atoms with Crippen LogP contribution in [-0.2, 0) is 16.1 Å². The van der Waals surface area contributed by atoms with Crippen LogP contribution in [0.5, 0.6) is 0 Å².